The van der Waals surface area contributed by atoms with Crippen LogP contribution < -0.4 is 0 Å². The lowest BCUT2D eigenvalue weighted by atomic mass is 10.1. The van der Waals surface area contributed by atoms with Crippen molar-refractivity contribution < 1.29 is 4.79 Å². The van der Waals surface area contributed by atoms with Crippen LogP contribution in [0.2, 0.25) is 0 Å². The largest absolute Gasteiger partial charge is 0.250 e. The third kappa shape index (κ3) is 1.47. The number of rotatable bonds is 3. The number of pyridine rings is 1. The van der Waals surface area contributed by atoms with E-state index in [2.05, 4.69) is 9.98 Å². The van der Waals surface area contributed by atoms with Crippen LogP contribution >= 0.6 is 11.8 Å². The maximum Gasteiger partial charge on any atom is 0.235 e. The summed E-state index contributed by atoms with van der Waals surface area (Å²) in [4.78, 5) is 18.5. The lowest BCUT2D eigenvalue weighted by Gasteiger charge is -2.10. The highest BCUT2D eigenvalue weighted by atomic mass is 32.2. The highest BCUT2D eigenvalue weighted by molar-refractivity contribution is 7.98. The molecule has 1 saturated carbocycles. The molecule has 0 aliphatic heterocycles. The maximum atomic E-state index is 10.3. The summed E-state index contributed by atoms with van der Waals surface area (Å²) in [6.45, 7) is 0. The van der Waals surface area contributed by atoms with E-state index in [0.29, 0.717) is 0 Å². The number of isocyanates is 1. The number of carbonyl (C=O) groups excluding carboxylic acids is 1. The van der Waals surface area contributed by atoms with Gasteiger partial charge in [0, 0.05) is 11.8 Å². The number of aromatic nitrogens is 1. The first-order valence-corrected chi connectivity index (χ1v) is 5.63. The van der Waals surface area contributed by atoms with Crippen LogP contribution in [0.5, 0.6) is 0 Å². The average Bonchev–Trinajstić information content (AvgIpc) is 2.99. The van der Waals surface area contributed by atoms with Crippen molar-refractivity contribution in [2.45, 2.75) is 23.4 Å². The Bertz CT molecular complexity index is 395. The van der Waals surface area contributed by atoms with Crippen LogP contribution in [0.25, 0.3) is 0 Å². The molecule has 0 atom stereocenters. The van der Waals surface area contributed by atoms with Gasteiger partial charge < -0.3 is 0 Å². The minimum absolute atomic E-state index is 0.297. The molecule has 0 unspecified atom stereocenters. The monoisotopic (exact) mass is 206 g/mol. The maximum absolute atomic E-state index is 10.3. The minimum Gasteiger partial charge on any atom is -0.250 e. The molecule has 2 rings (SSSR count). The highest BCUT2D eigenvalue weighted by Gasteiger charge is 2.46. The van der Waals surface area contributed by atoms with Gasteiger partial charge in [-0.05, 0) is 25.2 Å². The van der Waals surface area contributed by atoms with Gasteiger partial charge in [0.15, 0.2) is 0 Å². The molecule has 0 bridgehead atoms. The molecule has 72 valence electrons. The molecule has 0 N–H and O–H groups in total. The molecular weight excluding hydrogens is 196 g/mol. The zero-order valence-electron chi connectivity index (χ0n) is 7.86. The molecule has 0 aromatic carbocycles. The molecule has 3 nitrogen and oxygen atoms in total. The van der Waals surface area contributed by atoms with Crippen molar-refractivity contribution >= 4 is 17.8 Å². The summed E-state index contributed by atoms with van der Waals surface area (Å²) < 4.78 is 0. The molecule has 1 aliphatic carbocycles. The van der Waals surface area contributed by atoms with E-state index in [9.17, 15) is 4.79 Å². The summed E-state index contributed by atoms with van der Waals surface area (Å²) in [5.41, 5.74) is 0.768. The summed E-state index contributed by atoms with van der Waals surface area (Å²) in [7, 11) is 0. The van der Waals surface area contributed by atoms with E-state index in [0.717, 1.165) is 23.4 Å². The van der Waals surface area contributed by atoms with Gasteiger partial charge >= 0.3 is 0 Å². The van der Waals surface area contributed by atoms with Crippen LogP contribution in [0.3, 0.4) is 0 Å². The van der Waals surface area contributed by atoms with Gasteiger partial charge in [0.05, 0.1) is 0 Å². The Morgan fingerprint density at radius 1 is 1.64 bits per heavy atom. The number of hydrogen-bond donors (Lipinski definition) is 0. The second-order valence-corrected chi connectivity index (χ2v) is 4.09. The quantitative estimate of drug-likeness (QED) is 0.432. The molecule has 1 aromatic rings. The molecule has 1 fully saturated rings. The predicted octanol–water partition coefficient (Wildman–Crippen LogP) is 2.13. The number of nitrogens with zero attached hydrogens (tertiary/aromatic N) is 2. The molecule has 1 heterocycles. The summed E-state index contributed by atoms with van der Waals surface area (Å²) in [6.07, 6.45) is 7.26. The van der Waals surface area contributed by atoms with Crippen LogP contribution in [-0.2, 0) is 10.3 Å². The van der Waals surface area contributed by atoms with Crippen LogP contribution in [0, 0.1) is 0 Å². The van der Waals surface area contributed by atoms with Crippen molar-refractivity contribution in [1.29, 1.82) is 0 Å². The van der Waals surface area contributed by atoms with Crippen molar-refractivity contribution in [2.75, 3.05) is 6.26 Å². The Hall–Kier alpha value is -1.12. The van der Waals surface area contributed by atoms with Crippen LogP contribution in [0.1, 0.15) is 18.4 Å². The van der Waals surface area contributed by atoms with Crippen LogP contribution in [-0.4, -0.2) is 17.3 Å². The molecule has 1 aliphatic rings. The third-order valence-electron chi connectivity index (χ3n) is 2.45. The van der Waals surface area contributed by atoms with Gasteiger partial charge in [-0.25, -0.2) is 9.78 Å². The van der Waals surface area contributed by atoms with Crippen LogP contribution in [0.4, 0.5) is 0 Å². The molecule has 0 spiro atoms. The topological polar surface area (TPSA) is 42.3 Å². The number of thioether (sulfide) groups is 1. The predicted molar refractivity (Wildman–Crippen MR) is 55.1 cm³/mol. The van der Waals surface area contributed by atoms with Crippen molar-refractivity contribution in [3.05, 3.63) is 23.9 Å². The fraction of sp³-hybridized carbons (Fsp3) is 0.400. The minimum atomic E-state index is -0.297. The Labute approximate surface area is 86.6 Å². The lowest BCUT2D eigenvalue weighted by molar-refractivity contribution is 0.555. The number of aliphatic imine (C=N–C) groups is 1. The fourth-order valence-corrected chi connectivity index (χ4v) is 2.20. The molecule has 0 radical (unpaired) electrons. The smallest absolute Gasteiger partial charge is 0.235 e. The lowest BCUT2D eigenvalue weighted by Crippen LogP contribution is -2.05. The Kier molecular flexibility index (Phi) is 2.40. The van der Waals surface area contributed by atoms with Gasteiger partial charge in [0.1, 0.15) is 10.6 Å². The first-order valence-electron chi connectivity index (χ1n) is 4.41. The Balaban J connectivity index is 2.45. The summed E-state index contributed by atoms with van der Waals surface area (Å²) in [5, 5.41) is 0.962. The first kappa shape index (κ1) is 9.44. The highest BCUT2D eigenvalue weighted by Crippen LogP contribution is 2.51. The Morgan fingerprint density at radius 3 is 3.00 bits per heavy atom. The molecule has 4 heteroatoms. The molecule has 1 aromatic heterocycles. The van der Waals surface area contributed by atoms with E-state index in [1.54, 1.807) is 24.0 Å². The standard InChI is InChI=1S/C10H10N2OS/c1-14-9-8(3-2-6-11-9)10(4-5-10)12-7-13/h2-3,6H,4-5H2,1H3. The van der Waals surface area contributed by atoms with Gasteiger partial charge in [-0.2, -0.15) is 4.99 Å². The van der Waals surface area contributed by atoms with Crippen molar-refractivity contribution in [1.82, 2.24) is 4.98 Å². The molecular formula is C10H10N2OS. The van der Waals surface area contributed by atoms with Gasteiger partial charge in [0.25, 0.3) is 0 Å². The summed E-state index contributed by atoms with van der Waals surface area (Å²) >= 11 is 1.59. The fourth-order valence-electron chi connectivity index (χ4n) is 1.55. The summed E-state index contributed by atoms with van der Waals surface area (Å²) in [5.74, 6) is 0. The SMILES string of the molecule is CSc1ncccc1C1(N=C=O)CC1. The molecule has 0 amide bonds. The Morgan fingerprint density at radius 2 is 2.43 bits per heavy atom. The van der Waals surface area contributed by atoms with Gasteiger partial charge in [-0.3, -0.25) is 0 Å². The van der Waals surface area contributed by atoms with E-state index >= 15 is 0 Å². The zero-order valence-corrected chi connectivity index (χ0v) is 8.67. The van der Waals surface area contributed by atoms with Crippen molar-refractivity contribution in [3.8, 4) is 0 Å². The second kappa shape index (κ2) is 3.56. The third-order valence-corrected chi connectivity index (χ3v) is 3.16. The van der Waals surface area contributed by atoms with Crippen molar-refractivity contribution in [3.63, 3.8) is 0 Å². The average molecular weight is 206 g/mol. The first-order chi connectivity index (χ1) is 6.82. The molecule has 14 heavy (non-hydrogen) atoms. The van der Waals surface area contributed by atoms with E-state index in [-0.39, 0.29) is 5.54 Å². The second-order valence-electron chi connectivity index (χ2n) is 3.29. The summed E-state index contributed by atoms with van der Waals surface area (Å²) in [6, 6.07) is 3.88. The van der Waals surface area contributed by atoms with E-state index in [1.807, 2.05) is 18.4 Å². The van der Waals surface area contributed by atoms with E-state index < -0.39 is 0 Å². The normalized spacial score (nSPS) is 17.2. The van der Waals surface area contributed by atoms with Crippen LogP contribution in [0.15, 0.2) is 28.3 Å². The molecule has 0 saturated heterocycles. The van der Waals surface area contributed by atoms with E-state index in [4.69, 9.17) is 0 Å². The number of hydrogen-bond acceptors (Lipinski definition) is 4. The van der Waals surface area contributed by atoms with Gasteiger partial charge in [0.2, 0.25) is 6.08 Å². The van der Waals surface area contributed by atoms with Gasteiger partial charge in [-0.1, -0.05) is 6.07 Å². The zero-order chi connectivity index (χ0) is 10.0. The van der Waals surface area contributed by atoms with Crippen molar-refractivity contribution in [2.24, 2.45) is 4.99 Å². The van der Waals surface area contributed by atoms with E-state index in [1.165, 1.54) is 0 Å². The van der Waals surface area contributed by atoms with Gasteiger partial charge in [-0.15, -0.1) is 11.8 Å².